The third kappa shape index (κ3) is 3.68. The van der Waals surface area contributed by atoms with Gasteiger partial charge in [0.1, 0.15) is 11.6 Å². The Bertz CT molecular complexity index is 540. The van der Waals surface area contributed by atoms with Gasteiger partial charge in [-0.05, 0) is 18.6 Å². The summed E-state index contributed by atoms with van der Waals surface area (Å²) in [6, 6.07) is 9.49. The summed E-state index contributed by atoms with van der Waals surface area (Å²) in [6.07, 6.45) is 1.79. The summed E-state index contributed by atoms with van der Waals surface area (Å²) in [5.41, 5.74) is 1.14. The van der Waals surface area contributed by atoms with Crippen LogP contribution in [0.15, 0.2) is 35.4 Å². The van der Waals surface area contributed by atoms with E-state index >= 15 is 0 Å². The van der Waals surface area contributed by atoms with Crippen LogP contribution >= 0.6 is 0 Å². The van der Waals surface area contributed by atoms with Crippen LogP contribution in [0.2, 0.25) is 0 Å². The Balaban J connectivity index is 2.11. The van der Waals surface area contributed by atoms with Crippen LogP contribution in [0.1, 0.15) is 26.7 Å². The Kier molecular flexibility index (Phi) is 5.09. The SMILES string of the molecule is CCCCOC(=O)[C@H]1CN(c2ccccc2)N=C1C(C)=O. The molecule has 0 saturated heterocycles. The summed E-state index contributed by atoms with van der Waals surface area (Å²) in [5.74, 6) is -1.15. The van der Waals surface area contributed by atoms with E-state index in [1.807, 2.05) is 37.3 Å². The summed E-state index contributed by atoms with van der Waals surface area (Å²) < 4.78 is 5.23. The zero-order chi connectivity index (χ0) is 15.2. The van der Waals surface area contributed by atoms with E-state index in [1.165, 1.54) is 6.92 Å². The Hall–Kier alpha value is -2.17. The topological polar surface area (TPSA) is 59.0 Å². The molecule has 0 N–H and O–H groups in total. The Morgan fingerprint density at radius 3 is 2.67 bits per heavy atom. The van der Waals surface area contributed by atoms with E-state index in [-0.39, 0.29) is 17.5 Å². The zero-order valence-electron chi connectivity index (χ0n) is 12.4. The van der Waals surface area contributed by atoms with Crippen LogP contribution < -0.4 is 5.01 Å². The molecular formula is C16H20N2O3. The number of rotatable bonds is 6. The maximum absolute atomic E-state index is 12.1. The van der Waals surface area contributed by atoms with Crippen molar-refractivity contribution in [3.8, 4) is 0 Å². The molecule has 1 aromatic carbocycles. The van der Waals surface area contributed by atoms with Crippen molar-refractivity contribution in [2.24, 2.45) is 11.0 Å². The number of esters is 1. The molecule has 2 rings (SSSR count). The molecule has 0 aromatic heterocycles. The van der Waals surface area contributed by atoms with Gasteiger partial charge in [-0.25, -0.2) is 0 Å². The molecule has 5 heteroatoms. The highest BCUT2D eigenvalue weighted by Gasteiger charge is 2.36. The second kappa shape index (κ2) is 7.02. The third-order valence-corrected chi connectivity index (χ3v) is 3.36. The number of ketones is 1. The highest BCUT2D eigenvalue weighted by Crippen LogP contribution is 2.23. The molecule has 0 saturated carbocycles. The lowest BCUT2D eigenvalue weighted by atomic mass is 10.0. The summed E-state index contributed by atoms with van der Waals surface area (Å²) in [7, 11) is 0. The van der Waals surface area contributed by atoms with Crippen LogP contribution in [-0.2, 0) is 14.3 Å². The van der Waals surface area contributed by atoms with E-state index in [4.69, 9.17) is 4.74 Å². The highest BCUT2D eigenvalue weighted by atomic mass is 16.5. The van der Waals surface area contributed by atoms with Crippen LogP contribution in [0, 0.1) is 5.92 Å². The van der Waals surface area contributed by atoms with Gasteiger partial charge in [0.15, 0.2) is 5.78 Å². The molecule has 1 aromatic rings. The fourth-order valence-corrected chi connectivity index (χ4v) is 2.18. The van der Waals surface area contributed by atoms with Crippen molar-refractivity contribution in [3.05, 3.63) is 30.3 Å². The standard InChI is InChI=1S/C16H20N2O3/c1-3-4-10-21-16(20)14-11-18(17-15(14)12(2)19)13-8-6-5-7-9-13/h5-9,14H,3-4,10-11H2,1-2H3/t14-/m0/s1. The van der Waals surface area contributed by atoms with Crippen molar-refractivity contribution >= 4 is 23.2 Å². The molecule has 0 bridgehead atoms. The van der Waals surface area contributed by atoms with Crippen LogP contribution in [0.3, 0.4) is 0 Å². The van der Waals surface area contributed by atoms with Gasteiger partial charge in [0, 0.05) is 6.92 Å². The molecule has 112 valence electrons. The lowest BCUT2D eigenvalue weighted by Crippen LogP contribution is -2.31. The number of hydrazone groups is 1. The first-order chi connectivity index (χ1) is 10.1. The van der Waals surface area contributed by atoms with Crippen LogP contribution in [0.4, 0.5) is 5.69 Å². The summed E-state index contributed by atoms with van der Waals surface area (Å²) in [6.45, 7) is 4.20. The van der Waals surface area contributed by atoms with E-state index < -0.39 is 5.92 Å². The second-order valence-corrected chi connectivity index (χ2v) is 5.03. The van der Waals surface area contributed by atoms with Gasteiger partial charge in [0.25, 0.3) is 0 Å². The first-order valence-electron chi connectivity index (χ1n) is 7.22. The van der Waals surface area contributed by atoms with Gasteiger partial charge in [-0.3, -0.25) is 14.6 Å². The number of carbonyl (C=O) groups is 2. The number of ether oxygens (including phenoxy) is 1. The highest BCUT2D eigenvalue weighted by molar-refractivity contribution is 6.43. The van der Waals surface area contributed by atoms with Crippen LogP contribution in [0.25, 0.3) is 0 Å². The van der Waals surface area contributed by atoms with Gasteiger partial charge in [0.2, 0.25) is 0 Å². The van der Waals surface area contributed by atoms with Crippen molar-refractivity contribution in [1.29, 1.82) is 0 Å². The molecule has 0 aliphatic carbocycles. The monoisotopic (exact) mass is 288 g/mol. The van der Waals surface area contributed by atoms with E-state index in [0.717, 1.165) is 18.5 Å². The maximum atomic E-state index is 12.1. The number of unbranched alkanes of at least 4 members (excludes halogenated alkanes) is 1. The fourth-order valence-electron chi connectivity index (χ4n) is 2.18. The van der Waals surface area contributed by atoms with E-state index in [1.54, 1.807) is 5.01 Å². The van der Waals surface area contributed by atoms with Gasteiger partial charge in [-0.2, -0.15) is 5.10 Å². The van der Waals surface area contributed by atoms with E-state index in [0.29, 0.717) is 13.2 Å². The summed E-state index contributed by atoms with van der Waals surface area (Å²) in [5, 5.41) is 5.97. The molecule has 0 fully saturated rings. The number of para-hydroxylation sites is 1. The van der Waals surface area contributed by atoms with Crippen molar-refractivity contribution in [1.82, 2.24) is 0 Å². The Labute approximate surface area is 124 Å². The normalized spacial score (nSPS) is 17.5. The lowest BCUT2D eigenvalue weighted by Gasteiger charge is -2.15. The fraction of sp³-hybridized carbons (Fsp3) is 0.438. The maximum Gasteiger partial charge on any atom is 0.317 e. The molecule has 1 heterocycles. The van der Waals surface area contributed by atoms with Gasteiger partial charge >= 0.3 is 5.97 Å². The molecule has 21 heavy (non-hydrogen) atoms. The first kappa shape index (κ1) is 15.2. The summed E-state index contributed by atoms with van der Waals surface area (Å²) >= 11 is 0. The minimum atomic E-state index is -0.598. The quantitative estimate of drug-likeness (QED) is 0.596. The number of anilines is 1. The van der Waals surface area contributed by atoms with Crippen molar-refractivity contribution in [3.63, 3.8) is 0 Å². The summed E-state index contributed by atoms with van der Waals surface area (Å²) in [4.78, 5) is 23.8. The molecule has 0 amide bonds. The van der Waals surface area contributed by atoms with Gasteiger partial charge in [-0.15, -0.1) is 0 Å². The lowest BCUT2D eigenvalue weighted by molar-refractivity contribution is -0.146. The smallest absolute Gasteiger partial charge is 0.317 e. The number of hydrogen-bond acceptors (Lipinski definition) is 5. The van der Waals surface area contributed by atoms with Crippen molar-refractivity contribution in [2.45, 2.75) is 26.7 Å². The number of carbonyl (C=O) groups excluding carboxylic acids is 2. The van der Waals surface area contributed by atoms with E-state index in [2.05, 4.69) is 5.10 Å². The molecule has 1 atom stereocenters. The number of benzene rings is 1. The van der Waals surface area contributed by atoms with Gasteiger partial charge in [-0.1, -0.05) is 31.5 Å². The molecule has 1 aliphatic heterocycles. The number of nitrogens with zero attached hydrogens (tertiary/aromatic N) is 2. The minimum absolute atomic E-state index is 0.189. The van der Waals surface area contributed by atoms with Gasteiger partial charge < -0.3 is 4.74 Å². The van der Waals surface area contributed by atoms with Crippen LogP contribution in [-0.4, -0.2) is 30.6 Å². The van der Waals surface area contributed by atoms with Crippen molar-refractivity contribution < 1.29 is 14.3 Å². The molecule has 0 spiro atoms. The largest absolute Gasteiger partial charge is 0.465 e. The predicted octanol–water partition coefficient (Wildman–Crippen LogP) is 2.41. The average Bonchev–Trinajstić information content (AvgIpc) is 2.94. The number of Topliss-reactive ketones (excluding diaryl/α,β-unsaturated/α-hetero) is 1. The third-order valence-electron chi connectivity index (χ3n) is 3.36. The second-order valence-electron chi connectivity index (χ2n) is 5.03. The van der Waals surface area contributed by atoms with Gasteiger partial charge in [0.05, 0.1) is 18.8 Å². The Morgan fingerprint density at radius 1 is 1.33 bits per heavy atom. The Morgan fingerprint density at radius 2 is 2.05 bits per heavy atom. The minimum Gasteiger partial charge on any atom is -0.465 e. The molecule has 5 nitrogen and oxygen atoms in total. The average molecular weight is 288 g/mol. The molecule has 0 radical (unpaired) electrons. The van der Waals surface area contributed by atoms with Crippen molar-refractivity contribution in [2.75, 3.05) is 18.2 Å². The van der Waals surface area contributed by atoms with Crippen LogP contribution in [0.5, 0.6) is 0 Å². The molecule has 0 unspecified atom stereocenters. The zero-order valence-corrected chi connectivity index (χ0v) is 12.4. The predicted molar refractivity (Wildman–Crippen MR) is 81.3 cm³/mol. The number of hydrogen-bond donors (Lipinski definition) is 0. The van der Waals surface area contributed by atoms with E-state index in [9.17, 15) is 9.59 Å². The molecule has 1 aliphatic rings. The first-order valence-corrected chi connectivity index (χ1v) is 7.22. The molecular weight excluding hydrogens is 268 g/mol.